The summed E-state index contributed by atoms with van der Waals surface area (Å²) in [6, 6.07) is 28.3. The SMILES string of the molecule is COc1ccc(C(OC[C@H]2O[C@@H](n3cc(I)c4c(=O)[nH]c(NCC(C)C)nc43)C[C@@H]2OP(OCCC#N)N(C(C)C)C(C)C)(c2ccccc2)c2ccc(OC)cc2)cc1. The van der Waals surface area contributed by atoms with Crippen molar-refractivity contribution >= 4 is 48.1 Å². The average molecular weight is 951 g/mol. The van der Waals surface area contributed by atoms with Crippen molar-refractivity contribution in [2.24, 2.45) is 5.92 Å². The Hall–Kier alpha value is -4.07. The number of H-pyrrole nitrogens is 1. The van der Waals surface area contributed by atoms with Gasteiger partial charge >= 0.3 is 0 Å². The molecule has 60 heavy (non-hydrogen) atoms. The minimum atomic E-state index is -1.65. The third-order valence-electron chi connectivity index (χ3n) is 10.3. The lowest BCUT2D eigenvalue weighted by atomic mass is 9.80. The van der Waals surface area contributed by atoms with Gasteiger partial charge in [0.15, 0.2) is 5.65 Å². The second-order valence-electron chi connectivity index (χ2n) is 15.6. The van der Waals surface area contributed by atoms with Gasteiger partial charge in [-0.15, -0.1) is 0 Å². The fourth-order valence-corrected chi connectivity index (χ4v) is 10.1. The lowest BCUT2D eigenvalue weighted by Gasteiger charge is -2.39. The van der Waals surface area contributed by atoms with Crippen LogP contribution in [0.15, 0.2) is 89.9 Å². The number of benzene rings is 3. The zero-order valence-corrected chi connectivity index (χ0v) is 38.6. The number of hydrogen-bond acceptors (Lipinski definition) is 11. The molecule has 15 heteroatoms. The number of aromatic nitrogens is 3. The van der Waals surface area contributed by atoms with E-state index in [2.05, 4.69) is 97.3 Å². The Kier molecular flexibility index (Phi) is 15.7. The van der Waals surface area contributed by atoms with E-state index < -0.39 is 32.6 Å². The number of nitrogens with one attached hydrogen (secondary N) is 2. The number of nitriles is 1. The first-order valence-electron chi connectivity index (χ1n) is 20.3. The van der Waals surface area contributed by atoms with Gasteiger partial charge in [0.1, 0.15) is 29.4 Å². The molecule has 0 bridgehead atoms. The lowest BCUT2D eigenvalue weighted by molar-refractivity contribution is -0.0911. The van der Waals surface area contributed by atoms with E-state index in [1.54, 1.807) is 14.2 Å². The van der Waals surface area contributed by atoms with Crippen molar-refractivity contribution in [2.45, 2.75) is 90.5 Å². The highest BCUT2D eigenvalue weighted by Gasteiger charge is 2.45. The van der Waals surface area contributed by atoms with E-state index in [0.717, 1.165) is 31.8 Å². The molecule has 13 nitrogen and oxygen atoms in total. The van der Waals surface area contributed by atoms with Crippen molar-refractivity contribution in [1.82, 2.24) is 19.2 Å². The van der Waals surface area contributed by atoms with E-state index in [1.165, 1.54) is 0 Å². The first-order chi connectivity index (χ1) is 28.9. The van der Waals surface area contributed by atoms with Gasteiger partial charge in [-0.1, -0.05) is 68.4 Å². The Morgan fingerprint density at radius 2 is 1.57 bits per heavy atom. The molecule has 1 aliphatic heterocycles. The molecule has 4 atom stereocenters. The molecule has 2 N–H and O–H groups in total. The molecule has 1 aliphatic rings. The van der Waals surface area contributed by atoms with Crippen molar-refractivity contribution in [3.8, 4) is 17.6 Å². The van der Waals surface area contributed by atoms with Crippen LogP contribution in [0.5, 0.6) is 11.5 Å². The van der Waals surface area contributed by atoms with Gasteiger partial charge in [0, 0.05) is 34.8 Å². The van der Waals surface area contributed by atoms with Crippen LogP contribution in [0.2, 0.25) is 0 Å². The third kappa shape index (κ3) is 10.2. The van der Waals surface area contributed by atoms with E-state index in [0.29, 0.717) is 35.9 Å². The topological polar surface area (TPSA) is 145 Å². The highest BCUT2D eigenvalue weighted by Crippen LogP contribution is 2.51. The predicted octanol–water partition coefficient (Wildman–Crippen LogP) is 9.37. The molecule has 0 amide bonds. The molecule has 320 valence electrons. The van der Waals surface area contributed by atoms with Crippen LogP contribution in [0, 0.1) is 20.8 Å². The monoisotopic (exact) mass is 950 g/mol. The highest BCUT2D eigenvalue weighted by molar-refractivity contribution is 14.1. The Balaban J connectivity index is 1.46. The standard InChI is InChI=1S/C45H56IN6O7P/c1-29(2)26-48-44-49-42-41(43(53)50-44)37(46)27-51(42)40-25-38(59-60(57-24-12-23-47)52(30(3)4)31(5)6)39(58-40)28-56-45(32-13-10-9-11-14-32,33-15-19-35(54-7)20-16-33)34-17-21-36(55-8)22-18-34/h9-11,13-22,27,29-31,38-40H,12,24-26,28H2,1-8H3,(H2,48,49,50,53)/t38-,39+,40+,60?/m0/s1. The Bertz CT molecular complexity index is 2190. The van der Waals surface area contributed by atoms with Gasteiger partial charge in [0.25, 0.3) is 14.1 Å². The van der Waals surface area contributed by atoms with Crippen LogP contribution in [0.3, 0.4) is 0 Å². The van der Waals surface area contributed by atoms with Gasteiger partial charge in [0.05, 0.1) is 51.4 Å². The molecule has 2 aromatic heterocycles. The van der Waals surface area contributed by atoms with Gasteiger partial charge < -0.3 is 37.9 Å². The summed E-state index contributed by atoms with van der Waals surface area (Å²) in [5, 5.41) is 13.2. The maximum Gasteiger partial charge on any atom is 0.262 e. The number of aromatic amines is 1. The molecule has 1 unspecified atom stereocenters. The molecule has 5 aromatic rings. The summed E-state index contributed by atoms with van der Waals surface area (Å²) in [5.41, 5.74) is 1.85. The van der Waals surface area contributed by atoms with E-state index in [4.69, 9.17) is 33.0 Å². The Morgan fingerprint density at radius 3 is 2.12 bits per heavy atom. The molecule has 0 spiro atoms. The van der Waals surface area contributed by atoms with Crippen molar-refractivity contribution in [2.75, 3.05) is 39.3 Å². The summed E-state index contributed by atoms with van der Waals surface area (Å²) in [7, 11) is 1.65. The zero-order chi connectivity index (χ0) is 43.0. The predicted molar refractivity (Wildman–Crippen MR) is 243 cm³/mol. The van der Waals surface area contributed by atoms with Gasteiger partial charge in [0.2, 0.25) is 5.95 Å². The first kappa shape index (κ1) is 45.5. The summed E-state index contributed by atoms with van der Waals surface area (Å²) >= 11 is 2.18. The van der Waals surface area contributed by atoms with Crippen LogP contribution in [0.25, 0.3) is 11.0 Å². The summed E-state index contributed by atoms with van der Waals surface area (Å²) in [4.78, 5) is 21.3. The zero-order valence-electron chi connectivity index (χ0n) is 35.6. The second-order valence-corrected chi connectivity index (χ2v) is 18.2. The van der Waals surface area contributed by atoms with Gasteiger partial charge in [-0.25, -0.2) is 4.67 Å². The van der Waals surface area contributed by atoms with E-state index in [1.807, 2.05) is 77.5 Å². The minimum Gasteiger partial charge on any atom is -0.497 e. The number of nitrogens with zero attached hydrogens (tertiary/aromatic N) is 4. The molecule has 3 aromatic carbocycles. The van der Waals surface area contributed by atoms with Crippen molar-refractivity contribution < 1.29 is 28.0 Å². The number of halogens is 1. The molecule has 1 fully saturated rings. The minimum absolute atomic E-state index is 0.0875. The number of anilines is 1. The number of fused-ring (bicyclic) bond motifs is 1. The first-order valence-corrected chi connectivity index (χ1v) is 22.5. The molecule has 0 radical (unpaired) electrons. The highest BCUT2D eigenvalue weighted by atomic mass is 127. The van der Waals surface area contributed by atoms with Crippen LogP contribution in [-0.4, -0.2) is 77.5 Å². The summed E-state index contributed by atoms with van der Waals surface area (Å²) in [6.07, 6.45) is 0.833. The normalized spacial score (nSPS) is 17.5. The van der Waals surface area contributed by atoms with Gasteiger partial charge in [-0.2, -0.15) is 10.2 Å². The van der Waals surface area contributed by atoms with Crippen LogP contribution in [0.4, 0.5) is 5.95 Å². The molecule has 0 saturated carbocycles. The summed E-state index contributed by atoms with van der Waals surface area (Å²) in [6.45, 7) is 13.6. The maximum atomic E-state index is 13.5. The van der Waals surface area contributed by atoms with Crippen LogP contribution in [0.1, 0.15) is 77.3 Å². The van der Waals surface area contributed by atoms with E-state index in [-0.39, 0.29) is 37.3 Å². The Morgan fingerprint density at radius 1 is 0.967 bits per heavy atom. The van der Waals surface area contributed by atoms with Crippen molar-refractivity contribution in [3.63, 3.8) is 0 Å². The third-order valence-corrected chi connectivity index (χ3v) is 13.3. The number of ether oxygens (including phenoxy) is 4. The molecule has 0 aliphatic carbocycles. The van der Waals surface area contributed by atoms with Crippen molar-refractivity contribution in [1.29, 1.82) is 5.26 Å². The second kappa shape index (κ2) is 20.7. The molecular formula is C45H56IN6O7P. The average Bonchev–Trinajstić information content (AvgIpc) is 3.80. The molecule has 1 saturated heterocycles. The van der Waals surface area contributed by atoms with Crippen molar-refractivity contribution in [3.05, 3.63) is 116 Å². The largest absolute Gasteiger partial charge is 0.497 e. The smallest absolute Gasteiger partial charge is 0.262 e. The lowest BCUT2D eigenvalue weighted by Crippen LogP contribution is -2.39. The fraction of sp³-hybridized carbons (Fsp3) is 0.444. The molecule has 6 rings (SSSR count). The van der Waals surface area contributed by atoms with Gasteiger partial charge in [-0.3, -0.25) is 9.78 Å². The number of methoxy groups -OCH3 is 2. The molecular weight excluding hydrogens is 894 g/mol. The quantitative estimate of drug-likeness (QED) is 0.0333. The fourth-order valence-electron chi connectivity index (χ4n) is 7.54. The number of hydrogen-bond donors (Lipinski definition) is 2. The summed E-state index contributed by atoms with van der Waals surface area (Å²) in [5.74, 6) is 2.18. The van der Waals surface area contributed by atoms with Crippen LogP contribution >= 0.6 is 31.1 Å². The molecule has 3 heterocycles. The van der Waals surface area contributed by atoms with E-state index >= 15 is 0 Å². The van der Waals surface area contributed by atoms with E-state index in [9.17, 15) is 10.1 Å². The Labute approximate surface area is 367 Å². The maximum absolute atomic E-state index is 13.5. The van der Waals surface area contributed by atoms with Crippen LogP contribution < -0.4 is 20.3 Å². The van der Waals surface area contributed by atoms with Crippen LogP contribution in [-0.2, 0) is 24.1 Å². The van der Waals surface area contributed by atoms with Gasteiger partial charge in [-0.05, 0) is 97.2 Å². The number of rotatable bonds is 20. The summed E-state index contributed by atoms with van der Waals surface area (Å²) < 4.78 is 44.0.